The lowest BCUT2D eigenvalue weighted by atomic mass is 10.0. The Balaban J connectivity index is 2.12. The highest BCUT2D eigenvalue weighted by Gasteiger charge is 2.33. The summed E-state index contributed by atoms with van der Waals surface area (Å²) in [4.78, 5) is 30.6. The summed E-state index contributed by atoms with van der Waals surface area (Å²) in [5, 5.41) is 9.74. The number of methoxy groups -OCH3 is 1. The third kappa shape index (κ3) is 4.92. The zero-order chi connectivity index (χ0) is 23.3. The molecular weight excluding hydrogens is 444 g/mol. The summed E-state index contributed by atoms with van der Waals surface area (Å²) >= 11 is 6.73. The largest absolute Gasteiger partial charge is 0.385 e. The Labute approximate surface area is 199 Å². The summed E-state index contributed by atoms with van der Waals surface area (Å²) in [7, 11) is 1.63. The second kappa shape index (κ2) is 11.1. The first-order valence-corrected chi connectivity index (χ1v) is 12.3. The molecule has 2 saturated heterocycles. The Hall–Kier alpha value is -2.15. The van der Waals surface area contributed by atoms with Crippen LogP contribution < -0.4 is 10.5 Å². The number of hydrogen-bond donors (Lipinski definition) is 0. The van der Waals surface area contributed by atoms with Crippen molar-refractivity contribution in [3.05, 3.63) is 31.9 Å². The Kier molecular flexibility index (Phi) is 8.51. The molecule has 0 aliphatic carbocycles. The monoisotopic (exact) mass is 474 g/mol. The number of anilines is 1. The van der Waals surface area contributed by atoms with Crippen molar-refractivity contribution in [2.45, 2.75) is 52.5 Å². The molecule has 1 aromatic rings. The van der Waals surface area contributed by atoms with Gasteiger partial charge in [0.15, 0.2) is 0 Å². The van der Waals surface area contributed by atoms with Crippen molar-refractivity contribution in [2.75, 3.05) is 38.3 Å². The first-order chi connectivity index (χ1) is 15.4. The lowest BCUT2D eigenvalue weighted by Gasteiger charge is -2.27. The molecule has 1 amide bonds. The first-order valence-electron chi connectivity index (χ1n) is 11.1. The molecule has 0 saturated carbocycles. The Morgan fingerprint density at radius 1 is 1.22 bits per heavy atom. The highest BCUT2D eigenvalue weighted by atomic mass is 32.2. The summed E-state index contributed by atoms with van der Waals surface area (Å²) in [6, 6.07) is 2.10. The third-order valence-corrected chi connectivity index (χ3v) is 7.24. The lowest BCUT2D eigenvalue weighted by Crippen LogP contribution is -2.33. The molecule has 0 bridgehead atoms. The first kappa shape index (κ1) is 24.5. The van der Waals surface area contributed by atoms with Gasteiger partial charge in [-0.2, -0.15) is 5.26 Å². The minimum absolute atomic E-state index is 0.132. The molecule has 0 N–H and O–H groups in total. The van der Waals surface area contributed by atoms with Crippen LogP contribution in [0.3, 0.4) is 0 Å². The van der Waals surface area contributed by atoms with E-state index in [1.807, 2.05) is 6.08 Å². The summed E-state index contributed by atoms with van der Waals surface area (Å²) in [5.41, 5.74) is 1.30. The van der Waals surface area contributed by atoms with Gasteiger partial charge in [0.05, 0.1) is 4.91 Å². The average molecular weight is 475 g/mol. The van der Waals surface area contributed by atoms with Gasteiger partial charge in [-0.1, -0.05) is 37.3 Å². The van der Waals surface area contributed by atoms with Gasteiger partial charge in [-0.15, -0.1) is 0 Å². The van der Waals surface area contributed by atoms with E-state index in [4.69, 9.17) is 17.0 Å². The number of thiocarbonyl (C=S) groups is 1. The van der Waals surface area contributed by atoms with Crippen molar-refractivity contribution in [3.63, 3.8) is 0 Å². The van der Waals surface area contributed by atoms with Crippen molar-refractivity contribution in [1.82, 2.24) is 9.47 Å². The number of unbranched alkanes of at least 4 members (excludes halogenated alkanes) is 1. The molecule has 3 heterocycles. The molecule has 1 aromatic heterocycles. The van der Waals surface area contributed by atoms with Crippen LogP contribution in [0.5, 0.6) is 0 Å². The molecule has 0 aromatic carbocycles. The van der Waals surface area contributed by atoms with Gasteiger partial charge in [0.25, 0.3) is 11.5 Å². The Morgan fingerprint density at radius 3 is 2.56 bits per heavy atom. The number of carbonyl (C=O) groups excluding carboxylic acids is 1. The Bertz CT molecular complexity index is 1020. The standard InChI is InChI=1S/C23H30N4O3S2/c1-4-5-11-26-20(25-9-6-7-10-25)17(16(2)18(15-24)21(26)28)14-19-22(29)27(23(31)32-19)12-8-13-30-3/h14H,4-13H2,1-3H3/b19-14-. The van der Waals surface area contributed by atoms with Gasteiger partial charge >= 0.3 is 0 Å². The van der Waals surface area contributed by atoms with Gasteiger partial charge in [0.2, 0.25) is 0 Å². The minimum atomic E-state index is -0.246. The van der Waals surface area contributed by atoms with Crippen molar-refractivity contribution in [1.29, 1.82) is 5.26 Å². The topological polar surface area (TPSA) is 78.6 Å². The molecule has 3 rings (SSSR count). The third-order valence-electron chi connectivity index (χ3n) is 5.87. The van der Waals surface area contributed by atoms with Crippen LogP contribution in [-0.2, 0) is 16.1 Å². The van der Waals surface area contributed by atoms with Gasteiger partial charge < -0.3 is 9.64 Å². The van der Waals surface area contributed by atoms with Gasteiger partial charge in [0.1, 0.15) is 21.8 Å². The van der Waals surface area contributed by atoms with E-state index >= 15 is 0 Å². The summed E-state index contributed by atoms with van der Waals surface area (Å²) in [6.45, 7) is 7.21. The van der Waals surface area contributed by atoms with E-state index in [1.165, 1.54) is 11.8 Å². The van der Waals surface area contributed by atoms with Crippen LogP contribution in [0.1, 0.15) is 55.7 Å². The predicted octanol–water partition coefficient (Wildman–Crippen LogP) is 3.67. The number of thioether (sulfide) groups is 1. The van der Waals surface area contributed by atoms with Gasteiger partial charge in [-0.25, -0.2) is 0 Å². The lowest BCUT2D eigenvalue weighted by molar-refractivity contribution is -0.122. The molecule has 32 heavy (non-hydrogen) atoms. The average Bonchev–Trinajstić information content (AvgIpc) is 3.39. The molecule has 0 spiro atoms. The number of hydrogen-bond acceptors (Lipinski definition) is 7. The van der Waals surface area contributed by atoms with Crippen LogP contribution in [-0.4, -0.2) is 53.0 Å². The number of amides is 1. The number of aromatic nitrogens is 1. The number of rotatable bonds is 9. The van der Waals surface area contributed by atoms with Crippen molar-refractivity contribution >= 4 is 46.1 Å². The van der Waals surface area contributed by atoms with E-state index in [2.05, 4.69) is 17.9 Å². The van der Waals surface area contributed by atoms with Gasteiger partial charge in [-0.05, 0) is 44.2 Å². The van der Waals surface area contributed by atoms with E-state index in [0.717, 1.165) is 50.2 Å². The van der Waals surface area contributed by atoms with Crippen molar-refractivity contribution in [2.24, 2.45) is 0 Å². The van der Waals surface area contributed by atoms with Crippen LogP contribution in [0.4, 0.5) is 5.82 Å². The van der Waals surface area contributed by atoms with E-state index < -0.39 is 0 Å². The molecule has 7 nitrogen and oxygen atoms in total. The molecule has 0 atom stereocenters. The molecular formula is C23H30N4O3S2. The molecule has 172 valence electrons. The number of pyridine rings is 1. The number of ether oxygens (including phenoxy) is 1. The maximum Gasteiger partial charge on any atom is 0.270 e. The van der Waals surface area contributed by atoms with Crippen LogP contribution in [0.2, 0.25) is 0 Å². The van der Waals surface area contributed by atoms with Gasteiger partial charge in [-0.3, -0.25) is 19.1 Å². The molecule has 9 heteroatoms. The van der Waals surface area contributed by atoms with Crippen LogP contribution in [0, 0.1) is 18.3 Å². The van der Waals surface area contributed by atoms with E-state index in [0.29, 0.717) is 40.9 Å². The Morgan fingerprint density at radius 2 is 1.94 bits per heavy atom. The SMILES string of the molecule is CCCCn1c(N2CCCC2)c(/C=C2\SC(=S)N(CCCOC)C2=O)c(C)c(C#N)c1=O. The normalized spacial score (nSPS) is 17.6. The summed E-state index contributed by atoms with van der Waals surface area (Å²) in [6.07, 6.45) is 6.44. The van der Waals surface area contributed by atoms with E-state index in [-0.39, 0.29) is 17.0 Å². The highest BCUT2D eigenvalue weighted by Crippen LogP contribution is 2.36. The highest BCUT2D eigenvalue weighted by molar-refractivity contribution is 8.26. The van der Waals surface area contributed by atoms with Gasteiger partial charge in [0, 0.05) is 45.5 Å². The van der Waals surface area contributed by atoms with E-state index in [1.54, 1.807) is 23.5 Å². The maximum atomic E-state index is 13.2. The second-order valence-electron chi connectivity index (χ2n) is 8.03. The zero-order valence-electron chi connectivity index (χ0n) is 19.0. The molecule has 2 aliphatic heterocycles. The number of nitrogens with zero attached hydrogens (tertiary/aromatic N) is 4. The molecule has 2 fully saturated rings. The maximum absolute atomic E-state index is 13.2. The molecule has 0 unspecified atom stereocenters. The summed E-state index contributed by atoms with van der Waals surface area (Å²) < 4.78 is 7.36. The van der Waals surface area contributed by atoms with Crippen LogP contribution >= 0.6 is 24.0 Å². The molecule has 2 aliphatic rings. The fourth-order valence-corrected chi connectivity index (χ4v) is 5.42. The predicted molar refractivity (Wildman–Crippen MR) is 133 cm³/mol. The van der Waals surface area contributed by atoms with Crippen molar-refractivity contribution < 1.29 is 9.53 Å². The fourth-order valence-electron chi connectivity index (χ4n) is 4.13. The van der Waals surface area contributed by atoms with Crippen LogP contribution in [0.15, 0.2) is 9.70 Å². The fraction of sp³-hybridized carbons (Fsp3) is 0.565. The zero-order valence-corrected chi connectivity index (χ0v) is 20.6. The number of nitriles is 1. The second-order valence-corrected chi connectivity index (χ2v) is 9.71. The summed E-state index contributed by atoms with van der Waals surface area (Å²) in [5.74, 6) is 0.690. The molecule has 0 radical (unpaired) electrons. The quantitative estimate of drug-likeness (QED) is 0.307. The van der Waals surface area contributed by atoms with Crippen molar-refractivity contribution in [3.8, 4) is 6.07 Å². The van der Waals surface area contributed by atoms with E-state index in [9.17, 15) is 14.9 Å². The minimum Gasteiger partial charge on any atom is -0.385 e. The number of carbonyl (C=O) groups is 1. The smallest absolute Gasteiger partial charge is 0.270 e. The van der Waals surface area contributed by atoms with Crippen LogP contribution in [0.25, 0.3) is 6.08 Å².